The van der Waals surface area contributed by atoms with Crippen molar-refractivity contribution in [2.24, 2.45) is 0 Å². The number of anilines is 1. The van der Waals surface area contributed by atoms with Crippen molar-refractivity contribution in [2.45, 2.75) is 16.7 Å². The number of methoxy groups -OCH3 is 1. The van der Waals surface area contributed by atoms with E-state index in [1.54, 1.807) is 24.3 Å². The van der Waals surface area contributed by atoms with E-state index in [0.717, 1.165) is 16.7 Å². The minimum atomic E-state index is -1.38. The largest absolute Gasteiger partial charge is 0.545 e. The molecule has 0 unspecified atom stereocenters. The van der Waals surface area contributed by atoms with Crippen LogP contribution in [-0.4, -0.2) is 35.1 Å². The Hall–Kier alpha value is -2.87. The van der Waals surface area contributed by atoms with Crippen molar-refractivity contribution in [1.82, 2.24) is 4.98 Å². The number of aromatic carboxylic acids is 1. The fourth-order valence-corrected chi connectivity index (χ4v) is 3.64. The number of rotatable bonds is 5. The maximum Gasteiger partial charge on any atom is 0.247 e. The zero-order valence-corrected chi connectivity index (χ0v) is 14.0. The smallest absolute Gasteiger partial charge is 0.247 e. The monoisotopic (exact) mass is 357 g/mol. The third-order valence-corrected chi connectivity index (χ3v) is 4.88. The molecule has 2 aromatic rings. The highest BCUT2D eigenvalue weighted by Gasteiger charge is 2.41. The summed E-state index contributed by atoms with van der Waals surface area (Å²) in [5.74, 6) is -1.79. The van der Waals surface area contributed by atoms with E-state index in [0.29, 0.717) is 11.4 Å². The Morgan fingerprint density at radius 1 is 1.28 bits per heavy atom. The molecule has 0 aliphatic carbocycles. The maximum atomic E-state index is 12.7. The number of para-hydroxylation sites is 2. The van der Waals surface area contributed by atoms with Crippen molar-refractivity contribution in [3.05, 3.63) is 48.2 Å². The predicted octanol–water partition coefficient (Wildman–Crippen LogP) is 0.878. The highest BCUT2D eigenvalue weighted by atomic mass is 32.2. The van der Waals surface area contributed by atoms with Gasteiger partial charge in [-0.15, -0.1) is 0 Å². The van der Waals surface area contributed by atoms with Crippen LogP contribution in [0.25, 0.3) is 0 Å². The molecule has 128 valence electrons. The molecule has 1 saturated heterocycles. The van der Waals surface area contributed by atoms with Crippen LogP contribution in [-0.2, 0) is 9.59 Å². The van der Waals surface area contributed by atoms with Crippen LogP contribution in [0.5, 0.6) is 5.75 Å². The van der Waals surface area contributed by atoms with Crippen LogP contribution in [0.15, 0.2) is 47.6 Å². The number of carbonyl (C=O) groups excluding carboxylic acids is 3. The lowest BCUT2D eigenvalue weighted by Gasteiger charge is -2.18. The van der Waals surface area contributed by atoms with Crippen molar-refractivity contribution >= 4 is 35.2 Å². The van der Waals surface area contributed by atoms with Crippen LogP contribution >= 0.6 is 11.8 Å². The van der Waals surface area contributed by atoms with E-state index in [2.05, 4.69) is 4.98 Å². The molecule has 8 heteroatoms. The van der Waals surface area contributed by atoms with Gasteiger partial charge in [-0.2, -0.15) is 0 Å². The number of imide groups is 1. The molecular weight excluding hydrogens is 344 g/mol. The molecule has 3 rings (SSSR count). The van der Waals surface area contributed by atoms with Gasteiger partial charge in [0.1, 0.15) is 10.8 Å². The zero-order valence-electron chi connectivity index (χ0n) is 13.2. The Balaban J connectivity index is 1.89. The van der Waals surface area contributed by atoms with Gasteiger partial charge in [0.05, 0.1) is 24.0 Å². The van der Waals surface area contributed by atoms with E-state index in [9.17, 15) is 19.5 Å². The number of carbonyl (C=O) groups is 3. The molecule has 0 saturated carbocycles. The van der Waals surface area contributed by atoms with Crippen molar-refractivity contribution < 1.29 is 24.2 Å². The van der Waals surface area contributed by atoms with Gasteiger partial charge < -0.3 is 14.6 Å². The lowest BCUT2D eigenvalue weighted by molar-refractivity contribution is -0.255. The fraction of sp³-hybridized carbons (Fsp3) is 0.176. The number of amides is 2. The molecule has 25 heavy (non-hydrogen) atoms. The molecule has 1 aromatic heterocycles. The molecule has 0 bridgehead atoms. The van der Waals surface area contributed by atoms with E-state index in [1.165, 1.54) is 25.4 Å². The number of hydrogen-bond acceptors (Lipinski definition) is 7. The van der Waals surface area contributed by atoms with Gasteiger partial charge in [0.2, 0.25) is 11.8 Å². The first-order valence-corrected chi connectivity index (χ1v) is 8.23. The standard InChI is InChI=1S/C17H14N2O5S/c1-24-12-7-3-2-6-11(12)19-14(20)9-13(16(19)21)25-15-10(17(22)23)5-4-8-18-15/h2-8,13H,9H2,1H3,(H,22,23)/p-1/t13-/m0/s1. The van der Waals surface area contributed by atoms with E-state index in [-0.39, 0.29) is 22.9 Å². The number of benzene rings is 1. The number of nitrogens with zero attached hydrogens (tertiary/aromatic N) is 2. The van der Waals surface area contributed by atoms with Gasteiger partial charge in [0.15, 0.2) is 0 Å². The molecule has 1 aliphatic rings. The van der Waals surface area contributed by atoms with Crippen molar-refractivity contribution in [1.29, 1.82) is 0 Å². The van der Waals surface area contributed by atoms with Crippen LogP contribution in [0.3, 0.4) is 0 Å². The zero-order chi connectivity index (χ0) is 18.0. The number of carboxylic acid groups (broad SMARTS) is 1. The second kappa shape index (κ2) is 6.94. The highest BCUT2D eigenvalue weighted by Crippen LogP contribution is 2.37. The van der Waals surface area contributed by atoms with Crippen molar-refractivity contribution in [3.63, 3.8) is 0 Å². The quantitative estimate of drug-likeness (QED) is 0.732. The molecule has 0 radical (unpaired) electrons. The molecule has 1 aromatic carbocycles. The van der Waals surface area contributed by atoms with Crippen molar-refractivity contribution in [2.75, 3.05) is 12.0 Å². The first-order valence-electron chi connectivity index (χ1n) is 7.35. The van der Waals surface area contributed by atoms with E-state index >= 15 is 0 Å². The lowest BCUT2D eigenvalue weighted by atomic mass is 10.2. The van der Waals surface area contributed by atoms with Crippen LogP contribution < -0.4 is 14.7 Å². The van der Waals surface area contributed by atoms with E-state index in [1.807, 2.05) is 0 Å². The summed E-state index contributed by atoms with van der Waals surface area (Å²) in [6.07, 6.45) is 1.37. The van der Waals surface area contributed by atoms with Crippen molar-refractivity contribution in [3.8, 4) is 5.75 Å². The Morgan fingerprint density at radius 2 is 2.04 bits per heavy atom. The SMILES string of the molecule is COc1ccccc1N1C(=O)C[C@H](Sc2ncccc2C(=O)[O-])C1=O. The topological polar surface area (TPSA) is 99.6 Å². The number of thioether (sulfide) groups is 1. The molecular formula is C17H13N2O5S-. The normalized spacial score (nSPS) is 17.0. The fourth-order valence-electron chi connectivity index (χ4n) is 2.54. The summed E-state index contributed by atoms with van der Waals surface area (Å²) in [4.78, 5) is 41.3. The maximum absolute atomic E-state index is 12.7. The molecule has 0 N–H and O–H groups in total. The Morgan fingerprint density at radius 3 is 2.76 bits per heavy atom. The second-order valence-electron chi connectivity index (χ2n) is 5.19. The number of ether oxygens (including phenoxy) is 1. The van der Waals surface area contributed by atoms with Crippen LogP contribution in [0.4, 0.5) is 5.69 Å². The summed E-state index contributed by atoms with van der Waals surface area (Å²) in [6.45, 7) is 0. The average Bonchev–Trinajstić information content (AvgIpc) is 2.88. The summed E-state index contributed by atoms with van der Waals surface area (Å²) in [5, 5.41) is 10.6. The second-order valence-corrected chi connectivity index (χ2v) is 6.38. The minimum Gasteiger partial charge on any atom is -0.545 e. The number of carboxylic acids is 1. The summed E-state index contributed by atoms with van der Waals surface area (Å²) in [5.41, 5.74) is 0.257. The summed E-state index contributed by atoms with van der Waals surface area (Å²) in [6, 6.07) is 9.53. The Labute approximate surface area is 147 Å². The van der Waals surface area contributed by atoms with Gasteiger partial charge in [0, 0.05) is 18.2 Å². The summed E-state index contributed by atoms with van der Waals surface area (Å²) < 4.78 is 5.21. The summed E-state index contributed by atoms with van der Waals surface area (Å²) >= 11 is 0.945. The number of aromatic nitrogens is 1. The molecule has 1 atom stereocenters. The first kappa shape index (κ1) is 17.0. The van der Waals surface area contributed by atoms with Gasteiger partial charge in [-0.25, -0.2) is 9.88 Å². The first-order chi connectivity index (χ1) is 12.0. The van der Waals surface area contributed by atoms with Crippen LogP contribution in [0.2, 0.25) is 0 Å². The predicted molar refractivity (Wildman–Crippen MR) is 88.3 cm³/mol. The van der Waals surface area contributed by atoms with E-state index < -0.39 is 17.1 Å². The van der Waals surface area contributed by atoms with Gasteiger partial charge in [-0.3, -0.25) is 9.59 Å². The molecule has 1 aliphatic heterocycles. The lowest BCUT2D eigenvalue weighted by Crippen LogP contribution is -2.31. The highest BCUT2D eigenvalue weighted by molar-refractivity contribution is 8.00. The molecule has 7 nitrogen and oxygen atoms in total. The number of hydrogen-bond donors (Lipinski definition) is 0. The molecule has 2 heterocycles. The van der Waals surface area contributed by atoms with Crippen LogP contribution in [0.1, 0.15) is 16.8 Å². The molecule has 2 amide bonds. The van der Waals surface area contributed by atoms with Gasteiger partial charge in [-0.05, 0) is 24.3 Å². The average molecular weight is 357 g/mol. The molecule has 0 spiro atoms. The molecule has 1 fully saturated rings. The Kier molecular flexibility index (Phi) is 4.71. The van der Waals surface area contributed by atoms with Gasteiger partial charge >= 0.3 is 0 Å². The van der Waals surface area contributed by atoms with Crippen LogP contribution in [0, 0.1) is 0 Å². The summed E-state index contributed by atoms with van der Waals surface area (Å²) in [7, 11) is 1.45. The van der Waals surface area contributed by atoms with Gasteiger partial charge in [0.25, 0.3) is 0 Å². The minimum absolute atomic E-state index is 0.0510. The van der Waals surface area contributed by atoms with E-state index in [4.69, 9.17) is 4.74 Å². The van der Waals surface area contributed by atoms with Gasteiger partial charge in [-0.1, -0.05) is 23.9 Å². The third-order valence-electron chi connectivity index (χ3n) is 3.68. The Bertz CT molecular complexity index is 854. The third kappa shape index (κ3) is 3.20. The number of pyridine rings is 1.